The van der Waals surface area contributed by atoms with Gasteiger partial charge in [0.15, 0.2) is 0 Å². The molecule has 3 aromatic rings. The number of carbonyl (C=O) groups is 2. The Labute approximate surface area is 236 Å². The molecule has 1 unspecified atom stereocenters. The summed E-state index contributed by atoms with van der Waals surface area (Å²) in [5, 5.41) is 11.4. The Kier molecular flexibility index (Phi) is 9.97. The largest absolute Gasteiger partial charge is 0.507 e. The van der Waals surface area contributed by atoms with E-state index in [0.717, 1.165) is 25.9 Å². The van der Waals surface area contributed by atoms with Gasteiger partial charge >= 0.3 is 0 Å². The predicted molar refractivity (Wildman–Crippen MR) is 157 cm³/mol. The van der Waals surface area contributed by atoms with E-state index in [0.29, 0.717) is 48.1 Å². The quantitative estimate of drug-likeness (QED) is 0.116. The topological polar surface area (TPSA) is 79.3 Å². The van der Waals surface area contributed by atoms with E-state index in [2.05, 4.69) is 25.7 Å². The van der Waals surface area contributed by atoms with Crippen LogP contribution in [0.25, 0.3) is 5.76 Å². The molecule has 1 aliphatic heterocycles. The second kappa shape index (κ2) is 13.8. The lowest BCUT2D eigenvalue weighted by Gasteiger charge is -2.28. The zero-order chi connectivity index (χ0) is 28.5. The molecule has 0 saturated carbocycles. The number of aliphatic hydroxyl groups excluding tert-OH is 1. The van der Waals surface area contributed by atoms with Gasteiger partial charge in [-0.05, 0) is 73.6 Å². The van der Waals surface area contributed by atoms with Crippen molar-refractivity contribution in [2.75, 3.05) is 32.8 Å². The van der Waals surface area contributed by atoms with E-state index in [4.69, 9.17) is 9.47 Å². The zero-order valence-corrected chi connectivity index (χ0v) is 23.5. The average molecular weight is 543 g/mol. The van der Waals surface area contributed by atoms with Gasteiger partial charge in [0, 0.05) is 18.7 Å². The first-order chi connectivity index (χ1) is 19.5. The first-order valence-electron chi connectivity index (χ1n) is 14.0. The fourth-order valence-corrected chi connectivity index (χ4v) is 4.82. The number of likely N-dealkylation sites (tertiary alicyclic amines) is 1. The summed E-state index contributed by atoms with van der Waals surface area (Å²) in [5.41, 5.74) is 1.21. The van der Waals surface area contributed by atoms with E-state index in [1.807, 2.05) is 54.6 Å². The molecule has 1 fully saturated rings. The minimum absolute atomic E-state index is 0.0704. The van der Waals surface area contributed by atoms with Crippen LogP contribution in [0.4, 0.5) is 0 Å². The van der Waals surface area contributed by atoms with Crippen LogP contribution in [0.5, 0.6) is 17.2 Å². The Morgan fingerprint density at radius 2 is 1.57 bits per heavy atom. The van der Waals surface area contributed by atoms with Gasteiger partial charge in [-0.3, -0.25) is 9.59 Å². The summed E-state index contributed by atoms with van der Waals surface area (Å²) < 4.78 is 11.8. The van der Waals surface area contributed by atoms with Crippen LogP contribution < -0.4 is 9.47 Å². The fourth-order valence-electron chi connectivity index (χ4n) is 4.82. The summed E-state index contributed by atoms with van der Waals surface area (Å²) in [6.45, 7) is 9.46. The van der Waals surface area contributed by atoms with Crippen LogP contribution in [0.15, 0.2) is 84.4 Å². The number of nitrogens with zero attached hydrogens (tertiary/aromatic N) is 2. The van der Waals surface area contributed by atoms with Gasteiger partial charge < -0.3 is 24.4 Å². The second-order valence-corrected chi connectivity index (χ2v) is 9.73. The third-order valence-corrected chi connectivity index (χ3v) is 7.14. The Bertz CT molecular complexity index is 1320. The Morgan fingerprint density at radius 1 is 0.875 bits per heavy atom. The third-order valence-electron chi connectivity index (χ3n) is 7.14. The van der Waals surface area contributed by atoms with Crippen molar-refractivity contribution in [2.45, 2.75) is 39.7 Å². The van der Waals surface area contributed by atoms with Gasteiger partial charge in [-0.1, -0.05) is 57.5 Å². The van der Waals surface area contributed by atoms with Crippen molar-refractivity contribution in [1.82, 2.24) is 9.80 Å². The number of amides is 1. The highest BCUT2D eigenvalue weighted by atomic mass is 16.5. The van der Waals surface area contributed by atoms with Crippen molar-refractivity contribution in [3.63, 3.8) is 0 Å². The SMILES string of the molecule is CCCCOc1ccc(/C(O)=C2\C(=O)C(=O)N(CCN(CC)CC)C2c2cccc(Oc3ccccc3)c2)cc1. The molecular weight excluding hydrogens is 504 g/mol. The van der Waals surface area contributed by atoms with Gasteiger partial charge in [-0.2, -0.15) is 0 Å². The van der Waals surface area contributed by atoms with Crippen molar-refractivity contribution < 1.29 is 24.2 Å². The predicted octanol–water partition coefficient (Wildman–Crippen LogP) is 6.42. The van der Waals surface area contributed by atoms with Crippen LogP contribution in [0.2, 0.25) is 0 Å². The lowest BCUT2D eigenvalue weighted by molar-refractivity contribution is -0.140. The zero-order valence-electron chi connectivity index (χ0n) is 23.5. The number of carbonyl (C=O) groups excluding carboxylic acids is 2. The van der Waals surface area contributed by atoms with Crippen molar-refractivity contribution in [1.29, 1.82) is 0 Å². The summed E-state index contributed by atoms with van der Waals surface area (Å²) in [7, 11) is 0. The summed E-state index contributed by atoms with van der Waals surface area (Å²) in [5.74, 6) is 0.422. The van der Waals surface area contributed by atoms with Crippen LogP contribution in [-0.4, -0.2) is 59.4 Å². The Hall–Kier alpha value is -4.10. The molecule has 0 radical (unpaired) electrons. The van der Waals surface area contributed by atoms with Gasteiger partial charge in [-0.25, -0.2) is 0 Å². The number of aliphatic hydroxyl groups is 1. The molecule has 1 saturated heterocycles. The first-order valence-corrected chi connectivity index (χ1v) is 14.0. The van der Waals surface area contributed by atoms with Crippen molar-refractivity contribution >= 4 is 17.4 Å². The van der Waals surface area contributed by atoms with Crippen LogP contribution in [0.1, 0.15) is 50.8 Å². The maximum Gasteiger partial charge on any atom is 0.295 e. The van der Waals surface area contributed by atoms with Gasteiger partial charge in [-0.15, -0.1) is 0 Å². The standard InChI is InChI=1S/C33H38N2O5/c1-4-7-22-39-26-18-16-24(17-19-26)31(36)29-30(35(33(38)32(29)37)21-20-34(5-2)6-3)25-12-11-15-28(23-25)40-27-13-9-8-10-14-27/h8-19,23,30,36H,4-7,20-22H2,1-3H3/b31-29+. The molecule has 1 heterocycles. The highest BCUT2D eigenvalue weighted by Crippen LogP contribution is 2.40. The molecule has 1 aliphatic rings. The number of ether oxygens (including phenoxy) is 2. The first kappa shape index (κ1) is 28.9. The molecule has 210 valence electrons. The van der Waals surface area contributed by atoms with Crippen LogP contribution in [0.3, 0.4) is 0 Å². The maximum absolute atomic E-state index is 13.4. The minimum Gasteiger partial charge on any atom is -0.507 e. The molecule has 40 heavy (non-hydrogen) atoms. The molecule has 1 amide bonds. The Morgan fingerprint density at radius 3 is 2.25 bits per heavy atom. The maximum atomic E-state index is 13.4. The summed E-state index contributed by atoms with van der Waals surface area (Å²) >= 11 is 0. The third kappa shape index (κ3) is 6.72. The molecule has 1 N–H and O–H groups in total. The lowest BCUT2D eigenvalue weighted by atomic mass is 9.95. The van der Waals surface area contributed by atoms with Gasteiger partial charge in [0.2, 0.25) is 0 Å². The molecule has 3 aromatic carbocycles. The summed E-state index contributed by atoms with van der Waals surface area (Å²) in [6, 6.07) is 23.0. The average Bonchev–Trinajstić information content (AvgIpc) is 3.23. The summed E-state index contributed by atoms with van der Waals surface area (Å²) in [6.07, 6.45) is 1.98. The van der Waals surface area contributed by atoms with E-state index in [1.165, 1.54) is 0 Å². The molecule has 7 heteroatoms. The number of ketones is 1. The second-order valence-electron chi connectivity index (χ2n) is 9.73. The molecule has 1 atom stereocenters. The monoisotopic (exact) mass is 542 g/mol. The Balaban J connectivity index is 1.72. The smallest absolute Gasteiger partial charge is 0.295 e. The van der Waals surface area contributed by atoms with Gasteiger partial charge in [0.05, 0.1) is 18.2 Å². The van der Waals surface area contributed by atoms with E-state index in [1.54, 1.807) is 29.2 Å². The van der Waals surface area contributed by atoms with Gasteiger partial charge in [0.1, 0.15) is 23.0 Å². The van der Waals surface area contributed by atoms with Crippen LogP contribution in [-0.2, 0) is 9.59 Å². The molecule has 7 nitrogen and oxygen atoms in total. The van der Waals surface area contributed by atoms with Crippen LogP contribution >= 0.6 is 0 Å². The molecule has 0 bridgehead atoms. The molecular formula is C33H38N2O5. The number of benzene rings is 3. The fraction of sp³-hybridized carbons (Fsp3) is 0.333. The number of para-hydroxylation sites is 1. The number of hydrogen-bond acceptors (Lipinski definition) is 6. The summed E-state index contributed by atoms with van der Waals surface area (Å²) in [4.78, 5) is 30.6. The normalized spacial score (nSPS) is 16.5. The van der Waals surface area contributed by atoms with E-state index >= 15 is 0 Å². The van der Waals surface area contributed by atoms with E-state index in [-0.39, 0.29) is 11.3 Å². The van der Waals surface area contributed by atoms with E-state index in [9.17, 15) is 14.7 Å². The molecule has 0 aliphatic carbocycles. The highest BCUT2D eigenvalue weighted by Gasteiger charge is 2.46. The van der Waals surface area contributed by atoms with Crippen molar-refractivity contribution in [3.8, 4) is 17.2 Å². The number of rotatable bonds is 13. The molecule has 0 spiro atoms. The van der Waals surface area contributed by atoms with Crippen molar-refractivity contribution in [3.05, 3.63) is 95.6 Å². The van der Waals surface area contributed by atoms with E-state index < -0.39 is 17.7 Å². The van der Waals surface area contributed by atoms with Crippen LogP contribution in [0, 0.1) is 0 Å². The number of hydrogen-bond donors (Lipinski definition) is 1. The number of likely N-dealkylation sites (N-methyl/N-ethyl adjacent to an activating group) is 1. The molecule has 4 rings (SSSR count). The minimum atomic E-state index is -0.754. The number of unbranched alkanes of at least 4 members (excludes halogenated alkanes) is 1. The highest BCUT2D eigenvalue weighted by molar-refractivity contribution is 6.46. The van der Waals surface area contributed by atoms with Crippen molar-refractivity contribution in [2.24, 2.45) is 0 Å². The number of Topliss-reactive ketones (excluding diaryl/α,β-unsaturated/α-hetero) is 1. The lowest BCUT2D eigenvalue weighted by Crippen LogP contribution is -2.38. The van der Waals surface area contributed by atoms with Gasteiger partial charge in [0.25, 0.3) is 11.7 Å². The molecule has 0 aromatic heterocycles.